The first-order chi connectivity index (χ1) is 5.91. The van der Waals surface area contributed by atoms with E-state index in [1.165, 1.54) is 0 Å². The van der Waals surface area contributed by atoms with Crippen molar-refractivity contribution in [2.75, 3.05) is 40.0 Å². The fourth-order valence-corrected chi connectivity index (χ4v) is 0.857. The summed E-state index contributed by atoms with van der Waals surface area (Å²) in [7, 11) is 1.73. The first kappa shape index (κ1) is 11.9. The molecule has 0 amide bonds. The standard InChI is InChI=1S/C9H21NO2/c1-3-7-12-9-6-10-5-4-8-11-2/h10H,3-9H2,1-2H3. The van der Waals surface area contributed by atoms with Gasteiger partial charge in [0.15, 0.2) is 0 Å². The van der Waals surface area contributed by atoms with Gasteiger partial charge in [0, 0.05) is 26.9 Å². The topological polar surface area (TPSA) is 30.5 Å². The fraction of sp³-hybridized carbons (Fsp3) is 1.00. The number of ether oxygens (including phenoxy) is 2. The fourth-order valence-electron chi connectivity index (χ4n) is 0.857. The Morgan fingerprint density at radius 1 is 1.08 bits per heavy atom. The van der Waals surface area contributed by atoms with Crippen molar-refractivity contribution in [2.24, 2.45) is 0 Å². The molecule has 0 aliphatic heterocycles. The highest BCUT2D eigenvalue weighted by molar-refractivity contribution is 4.45. The lowest BCUT2D eigenvalue weighted by atomic mass is 10.4. The Hall–Kier alpha value is -0.120. The molecular weight excluding hydrogens is 154 g/mol. The summed E-state index contributed by atoms with van der Waals surface area (Å²) in [5, 5.41) is 3.27. The van der Waals surface area contributed by atoms with E-state index in [0.717, 1.165) is 45.8 Å². The third kappa shape index (κ3) is 9.88. The van der Waals surface area contributed by atoms with Crippen LogP contribution in [0.3, 0.4) is 0 Å². The molecule has 0 radical (unpaired) electrons. The summed E-state index contributed by atoms with van der Waals surface area (Å²) in [4.78, 5) is 0. The van der Waals surface area contributed by atoms with E-state index in [9.17, 15) is 0 Å². The third-order valence-corrected chi connectivity index (χ3v) is 1.47. The predicted octanol–water partition coefficient (Wildman–Crippen LogP) is 1.04. The monoisotopic (exact) mass is 175 g/mol. The smallest absolute Gasteiger partial charge is 0.0590 e. The Morgan fingerprint density at radius 3 is 2.58 bits per heavy atom. The summed E-state index contributed by atoms with van der Waals surface area (Å²) in [6.07, 6.45) is 2.17. The van der Waals surface area contributed by atoms with Crippen LogP contribution in [0.25, 0.3) is 0 Å². The van der Waals surface area contributed by atoms with Crippen LogP contribution in [0.15, 0.2) is 0 Å². The summed E-state index contributed by atoms with van der Waals surface area (Å²) in [6, 6.07) is 0. The Morgan fingerprint density at radius 2 is 1.92 bits per heavy atom. The van der Waals surface area contributed by atoms with Crippen LogP contribution in [0, 0.1) is 0 Å². The number of hydrogen-bond acceptors (Lipinski definition) is 3. The molecule has 0 saturated heterocycles. The number of rotatable bonds is 9. The van der Waals surface area contributed by atoms with Crippen LogP contribution >= 0.6 is 0 Å². The molecule has 3 heteroatoms. The third-order valence-electron chi connectivity index (χ3n) is 1.47. The van der Waals surface area contributed by atoms with Crippen molar-refractivity contribution in [3.05, 3.63) is 0 Å². The van der Waals surface area contributed by atoms with Gasteiger partial charge in [0.1, 0.15) is 0 Å². The molecule has 0 aromatic rings. The normalized spacial score (nSPS) is 10.5. The second-order valence-corrected chi connectivity index (χ2v) is 2.71. The molecule has 0 fully saturated rings. The van der Waals surface area contributed by atoms with Gasteiger partial charge >= 0.3 is 0 Å². The van der Waals surface area contributed by atoms with Gasteiger partial charge in [-0.2, -0.15) is 0 Å². The zero-order valence-electron chi connectivity index (χ0n) is 8.27. The van der Waals surface area contributed by atoms with Crippen LogP contribution in [0.1, 0.15) is 19.8 Å². The molecule has 0 spiro atoms. The quantitative estimate of drug-likeness (QED) is 0.531. The van der Waals surface area contributed by atoms with E-state index in [0.29, 0.717) is 0 Å². The average molecular weight is 175 g/mol. The van der Waals surface area contributed by atoms with Gasteiger partial charge in [0.2, 0.25) is 0 Å². The first-order valence-corrected chi connectivity index (χ1v) is 4.69. The molecule has 0 atom stereocenters. The van der Waals surface area contributed by atoms with Crippen molar-refractivity contribution in [3.8, 4) is 0 Å². The molecule has 0 rings (SSSR count). The highest BCUT2D eigenvalue weighted by atomic mass is 16.5. The van der Waals surface area contributed by atoms with Crippen LogP contribution in [0.5, 0.6) is 0 Å². The van der Waals surface area contributed by atoms with Gasteiger partial charge in [-0.1, -0.05) is 6.92 Å². The van der Waals surface area contributed by atoms with Crippen LogP contribution in [-0.2, 0) is 9.47 Å². The molecule has 1 N–H and O–H groups in total. The largest absolute Gasteiger partial charge is 0.385 e. The molecule has 0 bridgehead atoms. The number of methoxy groups -OCH3 is 1. The van der Waals surface area contributed by atoms with E-state index in [4.69, 9.17) is 9.47 Å². The molecular formula is C9H21NO2. The Labute approximate surface area is 75.4 Å². The van der Waals surface area contributed by atoms with Crippen molar-refractivity contribution in [2.45, 2.75) is 19.8 Å². The summed E-state index contributed by atoms with van der Waals surface area (Å²) >= 11 is 0. The van der Waals surface area contributed by atoms with E-state index in [2.05, 4.69) is 12.2 Å². The highest BCUT2D eigenvalue weighted by Gasteiger charge is 1.87. The second-order valence-electron chi connectivity index (χ2n) is 2.71. The number of nitrogens with one attached hydrogen (secondary N) is 1. The highest BCUT2D eigenvalue weighted by Crippen LogP contribution is 1.79. The average Bonchev–Trinajstić information content (AvgIpc) is 2.10. The van der Waals surface area contributed by atoms with Crippen LogP contribution in [-0.4, -0.2) is 40.0 Å². The van der Waals surface area contributed by atoms with Crippen molar-refractivity contribution in [3.63, 3.8) is 0 Å². The van der Waals surface area contributed by atoms with Gasteiger partial charge in [-0.05, 0) is 19.4 Å². The van der Waals surface area contributed by atoms with E-state index in [1.807, 2.05) is 0 Å². The minimum atomic E-state index is 0.820. The summed E-state index contributed by atoms with van der Waals surface area (Å²) in [5.74, 6) is 0. The molecule has 12 heavy (non-hydrogen) atoms. The van der Waals surface area contributed by atoms with Crippen molar-refractivity contribution in [1.82, 2.24) is 5.32 Å². The Kier molecular flexibility index (Phi) is 10.8. The van der Waals surface area contributed by atoms with Crippen molar-refractivity contribution < 1.29 is 9.47 Å². The van der Waals surface area contributed by atoms with Crippen LogP contribution < -0.4 is 5.32 Å². The van der Waals surface area contributed by atoms with E-state index < -0.39 is 0 Å². The number of hydrogen-bond donors (Lipinski definition) is 1. The van der Waals surface area contributed by atoms with E-state index in [-0.39, 0.29) is 0 Å². The van der Waals surface area contributed by atoms with Gasteiger partial charge in [-0.25, -0.2) is 0 Å². The summed E-state index contributed by atoms with van der Waals surface area (Å²) in [6.45, 7) is 6.61. The Balaban J connectivity index is 2.73. The molecule has 0 aromatic carbocycles. The molecule has 0 aliphatic rings. The summed E-state index contributed by atoms with van der Waals surface area (Å²) < 4.78 is 10.2. The molecule has 0 aromatic heterocycles. The lowest BCUT2D eigenvalue weighted by Crippen LogP contribution is -2.21. The van der Waals surface area contributed by atoms with Crippen LogP contribution in [0.4, 0.5) is 0 Å². The van der Waals surface area contributed by atoms with Gasteiger partial charge < -0.3 is 14.8 Å². The SMILES string of the molecule is CCCOCCNCCCOC. The molecule has 0 unspecified atom stereocenters. The second kappa shape index (κ2) is 10.9. The summed E-state index contributed by atoms with van der Waals surface area (Å²) in [5.41, 5.74) is 0. The molecule has 0 saturated carbocycles. The van der Waals surface area contributed by atoms with Gasteiger partial charge in [0.25, 0.3) is 0 Å². The van der Waals surface area contributed by atoms with E-state index in [1.54, 1.807) is 7.11 Å². The maximum atomic E-state index is 5.30. The maximum absolute atomic E-state index is 5.30. The van der Waals surface area contributed by atoms with Crippen LogP contribution in [0.2, 0.25) is 0 Å². The lowest BCUT2D eigenvalue weighted by Gasteiger charge is -2.04. The first-order valence-electron chi connectivity index (χ1n) is 4.69. The molecule has 0 heterocycles. The zero-order valence-corrected chi connectivity index (χ0v) is 8.27. The van der Waals surface area contributed by atoms with Crippen molar-refractivity contribution in [1.29, 1.82) is 0 Å². The maximum Gasteiger partial charge on any atom is 0.0590 e. The minimum Gasteiger partial charge on any atom is -0.385 e. The molecule has 74 valence electrons. The van der Waals surface area contributed by atoms with Crippen molar-refractivity contribution >= 4 is 0 Å². The zero-order chi connectivity index (χ0) is 9.07. The molecule has 3 nitrogen and oxygen atoms in total. The van der Waals surface area contributed by atoms with Gasteiger partial charge in [-0.15, -0.1) is 0 Å². The molecule has 0 aliphatic carbocycles. The lowest BCUT2D eigenvalue weighted by molar-refractivity contribution is 0.135. The van der Waals surface area contributed by atoms with E-state index >= 15 is 0 Å². The van der Waals surface area contributed by atoms with Gasteiger partial charge in [-0.3, -0.25) is 0 Å². The minimum absolute atomic E-state index is 0.820. The Bertz CT molecular complexity index is 68.9. The predicted molar refractivity (Wildman–Crippen MR) is 50.5 cm³/mol. The van der Waals surface area contributed by atoms with Gasteiger partial charge in [0.05, 0.1) is 6.61 Å².